The summed E-state index contributed by atoms with van der Waals surface area (Å²) < 4.78 is 61.3. The lowest BCUT2D eigenvalue weighted by Gasteiger charge is -2.33. The standard InChI is InChI=1S/C19H20F2N6O4S/c1-24-12-15(11-22-24)32(29,30)27-8-6-25(7-9-27)19(28)17-4-5-26(23-17)13-31-18-3-2-14(20)10-16(18)21/h2-5,10-12H,6-9,13H2,1H3. The van der Waals surface area contributed by atoms with Gasteiger partial charge in [-0.2, -0.15) is 14.5 Å². The highest BCUT2D eigenvalue weighted by atomic mass is 32.2. The molecule has 0 spiro atoms. The van der Waals surface area contributed by atoms with Gasteiger partial charge in [0.25, 0.3) is 5.91 Å². The van der Waals surface area contributed by atoms with Gasteiger partial charge in [0.05, 0.1) is 6.20 Å². The van der Waals surface area contributed by atoms with Gasteiger partial charge in [-0.05, 0) is 18.2 Å². The van der Waals surface area contributed by atoms with E-state index in [9.17, 15) is 22.0 Å². The Morgan fingerprint density at radius 1 is 1.16 bits per heavy atom. The topological polar surface area (TPSA) is 103 Å². The Balaban J connectivity index is 1.34. The van der Waals surface area contributed by atoms with Crippen molar-refractivity contribution in [3.8, 4) is 5.75 Å². The van der Waals surface area contributed by atoms with E-state index in [0.29, 0.717) is 6.07 Å². The summed E-state index contributed by atoms with van der Waals surface area (Å²) in [5.41, 5.74) is 0.150. The summed E-state index contributed by atoms with van der Waals surface area (Å²) in [6, 6.07) is 4.44. The van der Waals surface area contributed by atoms with Crippen molar-refractivity contribution in [3.05, 3.63) is 60.2 Å². The SMILES string of the molecule is Cn1cc(S(=O)(=O)N2CCN(C(=O)c3ccn(COc4ccc(F)cc4F)n3)CC2)cn1. The van der Waals surface area contributed by atoms with E-state index in [1.807, 2.05) is 0 Å². The number of carbonyl (C=O) groups is 1. The smallest absolute Gasteiger partial charge is 0.274 e. The molecule has 1 fully saturated rings. The summed E-state index contributed by atoms with van der Waals surface area (Å²) in [6.45, 7) is 0.547. The first kappa shape index (κ1) is 21.9. The van der Waals surface area contributed by atoms with Crippen molar-refractivity contribution < 1.29 is 26.7 Å². The lowest BCUT2D eigenvalue weighted by atomic mass is 10.3. The van der Waals surface area contributed by atoms with Crippen molar-refractivity contribution in [3.63, 3.8) is 0 Å². The Bertz CT molecular complexity index is 1230. The van der Waals surface area contributed by atoms with E-state index in [4.69, 9.17) is 4.74 Å². The summed E-state index contributed by atoms with van der Waals surface area (Å²) in [4.78, 5) is 14.4. The van der Waals surface area contributed by atoms with E-state index in [1.54, 1.807) is 7.05 Å². The van der Waals surface area contributed by atoms with Gasteiger partial charge >= 0.3 is 0 Å². The van der Waals surface area contributed by atoms with Crippen molar-refractivity contribution in [2.45, 2.75) is 11.6 Å². The molecule has 2 aromatic heterocycles. The van der Waals surface area contributed by atoms with Crippen molar-refractivity contribution in [1.82, 2.24) is 28.8 Å². The molecule has 1 aliphatic heterocycles. The summed E-state index contributed by atoms with van der Waals surface area (Å²) in [6.07, 6.45) is 4.22. The number of rotatable bonds is 6. The molecule has 0 radical (unpaired) electrons. The first-order chi connectivity index (χ1) is 15.2. The number of ether oxygens (including phenoxy) is 1. The van der Waals surface area contributed by atoms with Crippen LogP contribution in [0.3, 0.4) is 0 Å². The summed E-state index contributed by atoms with van der Waals surface area (Å²) >= 11 is 0. The van der Waals surface area contributed by atoms with Gasteiger partial charge in [-0.3, -0.25) is 9.48 Å². The van der Waals surface area contributed by atoms with Crippen molar-refractivity contribution in [1.29, 1.82) is 0 Å². The van der Waals surface area contributed by atoms with Gasteiger partial charge in [0, 0.05) is 51.7 Å². The number of aromatic nitrogens is 4. The van der Waals surface area contributed by atoms with Crippen LogP contribution in [0.15, 0.2) is 47.8 Å². The average molecular weight is 466 g/mol. The largest absolute Gasteiger partial charge is 0.468 e. The van der Waals surface area contributed by atoms with Crippen LogP contribution < -0.4 is 4.74 Å². The third-order valence-electron chi connectivity index (χ3n) is 4.95. The maximum Gasteiger partial charge on any atom is 0.274 e. The molecule has 1 amide bonds. The molecule has 4 rings (SSSR count). The van der Waals surface area contributed by atoms with Gasteiger partial charge in [0.2, 0.25) is 10.0 Å². The van der Waals surface area contributed by atoms with E-state index in [-0.39, 0.29) is 55.2 Å². The molecule has 0 bridgehead atoms. The predicted octanol–water partition coefficient (Wildman–Crippen LogP) is 1.08. The molecule has 0 N–H and O–H groups in total. The molecular weight excluding hydrogens is 446 g/mol. The van der Waals surface area contributed by atoms with Crippen LogP contribution in [0, 0.1) is 11.6 Å². The highest BCUT2D eigenvalue weighted by Gasteiger charge is 2.31. The van der Waals surface area contributed by atoms with Gasteiger partial charge in [-0.15, -0.1) is 0 Å². The molecule has 1 saturated heterocycles. The Morgan fingerprint density at radius 2 is 1.91 bits per heavy atom. The molecule has 32 heavy (non-hydrogen) atoms. The van der Waals surface area contributed by atoms with Crippen LogP contribution in [0.1, 0.15) is 10.5 Å². The maximum absolute atomic E-state index is 13.6. The zero-order chi connectivity index (χ0) is 22.9. The van der Waals surface area contributed by atoms with Crippen molar-refractivity contribution >= 4 is 15.9 Å². The fraction of sp³-hybridized carbons (Fsp3) is 0.316. The zero-order valence-corrected chi connectivity index (χ0v) is 17.9. The van der Waals surface area contributed by atoms with Crippen LogP contribution >= 0.6 is 0 Å². The molecule has 0 saturated carbocycles. The van der Waals surface area contributed by atoms with Gasteiger partial charge in [-0.1, -0.05) is 0 Å². The summed E-state index contributed by atoms with van der Waals surface area (Å²) in [5.74, 6) is -2.04. The van der Waals surface area contributed by atoms with Crippen LogP contribution in [0.25, 0.3) is 0 Å². The van der Waals surface area contributed by atoms with Crippen molar-refractivity contribution in [2.24, 2.45) is 7.05 Å². The van der Waals surface area contributed by atoms with Gasteiger partial charge in [-0.25, -0.2) is 21.9 Å². The van der Waals surface area contributed by atoms with Crippen LogP contribution in [0.4, 0.5) is 8.78 Å². The fourth-order valence-corrected chi connectivity index (χ4v) is 4.66. The Kier molecular flexibility index (Phi) is 5.93. The second-order valence-electron chi connectivity index (χ2n) is 7.13. The van der Waals surface area contributed by atoms with E-state index in [1.165, 1.54) is 49.3 Å². The minimum absolute atomic E-state index is 0.108. The Hall–Kier alpha value is -3.32. The van der Waals surface area contributed by atoms with Gasteiger partial charge in [0.15, 0.2) is 24.0 Å². The minimum Gasteiger partial charge on any atom is -0.468 e. The normalized spacial score (nSPS) is 15.2. The minimum atomic E-state index is -3.67. The van der Waals surface area contributed by atoms with Gasteiger partial charge < -0.3 is 9.64 Å². The van der Waals surface area contributed by atoms with Crippen molar-refractivity contribution in [2.75, 3.05) is 26.2 Å². The zero-order valence-electron chi connectivity index (χ0n) is 17.1. The number of hydrogen-bond acceptors (Lipinski definition) is 6. The fourth-order valence-electron chi connectivity index (χ4n) is 3.25. The number of benzene rings is 1. The molecule has 13 heteroatoms. The number of hydrogen-bond donors (Lipinski definition) is 0. The first-order valence-corrected chi connectivity index (χ1v) is 11.1. The lowest BCUT2D eigenvalue weighted by molar-refractivity contribution is 0.0689. The molecule has 0 aliphatic carbocycles. The number of amides is 1. The van der Waals surface area contributed by atoms with Crippen LogP contribution in [-0.2, 0) is 23.8 Å². The van der Waals surface area contributed by atoms with E-state index < -0.39 is 21.7 Å². The van der Waals surface area contributed by atoms with E-state index in [2.05, 4.69) is 10.2 Å². The Morgan fingerprint density at radius 3 is 2.56 bits per heavy atom. The number of nitrogens with zero attached hydrogens (tertiary/aromatic N) is 6. The predicted molar refractivity (Wildman–Crippen MR) is 107 cm³/mol. The van der Waals surface area contributed by atoms with Crippen LogP contribution in [0.2, 0.25) is 0 Å². The second kappa shape index (κ2) is 8.67. The number of halogens is 2. The molecular formula is C19H20F2N6O4S. The monoisotopic (exact) mass is 466 g/mol. The van der Waals surface area contributed by atoms with E-state index >= 15 is 0 Å². The Labute approximate surface area is 182 Å². The quantitative estimate of drug-likeness (QED) is 0.539. The first-order valence-electron chi connectivity index (χ1n) is 9.63. The second-order valence-corrected chi connectivity index (χ2v) is 9.07. The number of carbonyl (C=O) groups excluding carboxylic acids is 1. The lowest BCUT2D eigenvalue weighted by Crippen LogP contribution is -2.50. The highest BCUT2D eigenvalue weighted by Crippen LogP contribution is 2.19. The third kappa shape index (κ3) is 4.48. The average Bonchev–Trinajstić information content (AvgIpc) is 3.42. The molecule has 0 atom stereocenters. The van der Waals surface area contributed by atoms with Crippen LogP contribution in [0.5, 0.6) is 5.75 Å². The highest BCUT2D eigenvalue weighted by molar-refractivity contribution is 7.89. The molecule has 170 valence electrons. The molecule has 10 nitrogen and oxygen atoms in total. The number of aryl methyl sites for hydroxylation is 1. The molecule has 1 aliphatic rings. The number of sulfonamides is 1. The van der Waals surface area contributed by atoms with Crippen LogP contribution in [-0.4, -0.2) is 69.3 Å². The summed E-state index contributed by atoms with van der Waals surface area (Å²) in [7, 11) is -2.03. The summed E-state index contributed by atoms with van der Waals surface area (Å²) in [5, 5.41) is 8.02. The molecule has 0 unspecified atom stereocenters. The number of piperazine rings is 1. The maximum atomic E-state index is 13.6. The van der Waals surface area contributed by atoms with E-state index in [0.717, 1.165) is 6.07 Å². The van der Waals surface area contributed by atoms with Gasteiger partial charge in [0.1, 0.15) is 10.7 Å². The molecule has 3 aromatic rings. The molecule has 3 heterocycles. The third-order valence-corrected chi connectivity index (χ3v) is 6.80. The molecule has 1 aromatic carbocycles.